The lowest BCUT2D eigenvalue weighted by atomic mass is 9.84. The van der Waals surface area contributed by atoms with Crippen molar-refractivity contribution in [2.24, 2.45) is 0 Å². The second-order valence-corrected chi connectivity index (χ2v) is 14.5. The Kier molecular flexibility index (Phi) is 8.39. The van der Waals surface area contributed by atoms with Crippen LogP contribution < -0.4 is 0 Å². The smallest absolute Gasteiger partial charge is 0.0547 e. The molecular weight excluding hydrogens is 663 g/mol. The van der Waals surface area contributed by atoms with E-state index in [1.807, 2.05) is 0 Å². The maximum atomic E-state index is 2.41. The molecule has 0 bridgehead atoms. The minimum Gasteiger partial charge on any atom is -0.309 e. The Morgan fingerprint density at radius 3 is 1.44 bits per heavy atom. The molecule has 0 atom stereocenters. The molecule has 0 N–H and O–H groups in total. The molecule has 1 heteroatoms. The Bertz CT molecular complexity index is 2800. The minimum atomic E-state index is 0.217. The van der Waals surface area contributed by atoms with Crippen LogP contribution in [0.5, 0.6) is 0 Å². The van der Waals surface area contributed by atoms with Crippen LogP contribution in [0.15, 0.2) is 218 Å². The van der Waals surface area contributed by atoms with Gasteiger partial charge in [-0.2, -0.15) is 0 Å². The lowest BCUT2D eigenvalue weighted by molar-refractivity contribution is 0.805. The Hall–Kier alpha value is -6.96. The van der Waals surface area contributed by atoms with E-state index in [-0.39, 0.29) is 5.92 Å². The van der Waals surface area contributed by atoms with Gasteiger partial charge in [0.15, 0.2) is 0 Å². The van der Waals surface area contributed by atoms with Crippen molar-refractivity contribution in [3.8, 4) is 39.1 Å². The first-order chi connectivity index (χ1) is 27.3. The summed E-state index contributed by atoms with van der Waals surface area (Å²) in [5, 5.41) is 5.12. The van der Waals surface area contributed by atoms with Gasteiger partial charge in [0, 0.05) is 22.4 Å². The number of hydrogen-bond donors (Lipinski definition) is 0. The van der Waals surface area contributed by atoms with E-state index in [2.05, 4.69) is 223 Å². The SMILES string of the molecule is c1ccc(-c2ccc(C(Cc3ccc(-c4ccc5c(c4)c4c6ccccc6ccc4n5-c4ccccc4)cc3)c3ccc(-c4ccccc4)cc3)cc2)cc1. The van der Waals surface area contributed by atoms with E-state index in [1.54, 1.807) is 0 Å². The van der Waals surface area contributed by atoms with Gasteiger partial charge in [-0.1, -0.05) is 188 Å². The van der Waals surface area contributed by atoms with Crippen LogP contribution in [-0.2, 0) is 6.42 Å². The fourth-order valence-electron chi connectivity index (χ4n) is 8.40. The van der Waals surface area contributed by atoms with Gasteiger partial charge in [0.2, 0.25) is 0 Å². The zero-order valence-corrected chi connectivity index (χ0v) is 30.5. The molecule has 55 heavy (non-hydrogen) atoms. The Labute approximate surface area is 322 Å². The van der Waals surface area contributed by atoms with Gasteiger partial charge in [0.1, 0.15) is 0 Å². The topological polar surface area (TPSA) is 4.93 Å². The highest BCUT2D eigenvalue weighted by molar-refractivity contribution is 6.21. The van der Waals surface area contributed by atoms with Crippen LogP contribution in [0.25, 0.3) is 71.6 Å². The normalized spacial score (nSPS) is 11.5. The fourth-order valence-corrected chi connectivity index (χ4v) is 8.40. The van der Waals surface area contributed by atoms with Gasteiger partial charge >= 0.3 is 0 Å². The quantitative estimate of drug-likeness (QED) is 0.149. The number of fused-ring (bicyclic) bond motifs is 5. The number of benzene rings is 9. The van der Waals surface area contributed by atoms with Gasteiger partial charge in [-0.15, -0.1) is 0 Å². The summed E-state index contributed by atoms with van der Waals surface area (Å²) in [6.45, 7) is 0. The van der Waals surface area contributed by atoms with Crippen LogP contribution in [-0.4, -0.2) is 4.57 Å². The molecule has 0 unspecified atom stereocenters. The fraction of sp³-hybridized carbons (Fsp3) is 0.0370. The van der Waals surface area contributed by atoms with Crippen LogP contribution in [0.1, 0.15) is 22.6 Å². The van der Waals surface area contributed by atoms with Gasteiger partial charge < -0.3 is 4.57 Å². The average Bonchev–Trinajstić information content (AvgIpc) is 3.61. The number of para-hydroxylation sites is 1. The summed E-state index contributed by atoms with van der Waals surface area (Å²) in [6, 6.07) is 79.9. The lowest BCUT2D eigenvalue weighted by Gasteiger charge is -2.20. The predicted molar refractivity (Wildman–Crippen MR) is 233 cm³/mol. The summed E-state index contributed by atoms with van der Waals surface area (Å²) in [7, 11) is 0. The van der Waals surface area contributed by atoms with Crippen LogP contribution in [0.4, 0.5) is 0 Å². The van der Waals surface area contributed by atoms with E-state index in [4.69, 9.17) is 0 Å². The molecule has 10 rings (SSSR count). The average molecular weight is 702 g/mol. The first kappa shape index (κ1) is 32.7. The number of nitrogens with zero attached hydrogens (tertiary/aromatic N) is 1. The predicted octanol–water partition coefficient (Wildman–Crippen LogP) is 14.3. The third kappa shape index (κ3) is 6.20. The molecule has 0 radical (unpaired) electrons. The Balaban J connectivity index is 1.01. The third-order valence-corrected chi connectivity index (χ3v) is 11.2. The highest BCUT2D eigenvalue weighted by Crippen LogP contribution is 2.39. The van der Waals surface area contributed by atoms with Crippen molar-refractivity contribution in [1.29, 1.82) is 0 Å². The molecular formula is C54H39N. The molecule has 0 saturated heterocycles. The monoisotopic (exact) mass is 701 g/mol. The van der Waals surface area contributed by atoms with Gasteiger partial charge in [0.05, 0.1) is 11.0 Å². The van der Waals surface area contributed by atoms with Crippen molar-refractivity contribution in [2.75, 3.05) is 0 Å². The highest BCUT2D eigenvalue weighted by atomic mass is 15.0. The zero-order valence-electron chi connectivity index (χ0n) is 30.5. The van der Waals surface area contributed by atoms with Crippen molar-refractivity contribution in [2.45, 2.75) is 12.3 Å². The molecule has 9 aromatic carbocycles. The summed E-state index contributed by atoms with van der Waals surface area (Å²) in [5.74, 6) is 0.217. The van der Waals surface area contributed by atoms with Gasteiger partial charge in [0.25, 0.3) is 0 Å². The summed E-state index contributed by atoms with van der Waals surface area (Å²) in [6.07, 6.45) is 0.908. The number of rotatable bonds is 8. The summed E-state index contributed by atoms with van der Waals surface area (Å²) in [5.41, 5.74) is 15.0. The van der Waals surface area contributed by atoms with Crippen LogP contribution in [0, 0.1) is 0 Å². The Morgan fingerprint density at radius 1 is 0.345 bits per heavy atom. The maximum Gasteiger partial charge on any atom is 0.0547 e. The first-order valence-corrected chi connectivity index (χ1v) is 19.2. The summed E-state index contributed by atoms with van der Waals surface area (Å²) in [4.78, 5) is 0. The molecule has 0 amide bonds. The van der Waals surface area contributed by atoms with Crippen molar-refractivity contribution in [3.63, 3.8) is 0 Å². The first-order valence-electron chi connectivity index (χ1n) is 19.2. The highest BCUT2D eigenvalue weighted by Gasteiger charge is 2.18. The standard InChI is InChI=1S/C54H39N/c1-4-12-39(13-5-1)41-24-28-45(29-25-41)50(46-30-26-42(27-31-46)40-14-6-2-7-15-40)36-38-20-22-43(23-21-38)47-33-34-52-51(37-47)54-49-19-11-10-16-44(49)32-35-53(54)55(52)48-17-8-3-9-18-48/h1-35,37,50H,36H2. The molecule has 0 aliphatic carbocycles. The second kappa shape index (κ2) is 14.1. The second-order valence-electron chi connectivity index (χ2n) is 14.5. The zero-order chi connectivity index (χ0) is 36.6. The molecule has 1 aromatic heterocycles. The number of aromatic nitrogens is 1. The summed E-state index contributed by atoms with van der Waals surface area (Å²) >= 11 is 0. The molecule has 0 spiro atoms. The van der Waals surface area contributed by atoms with Crippen LogP contribution in [0.3, 0.4) is 0 Å². The Morgan fingerprint density at radius 2 is 0.818 bits per heavy atom. The third-order valence-electron chi connectivity index (χ3n) is 11.2. The van der Waals surface area contributed by atoms with Gasteiger partial charge in [-0.3, -0.25) is 0 Å². The van der Waals surface area contributed by atoms with Crippen molar-refractivity contribution in [1.82, 2.24) is 4.57 Å². The van der Waals surface area contributed by atoms with E-state index >= 15 is 0 Å². The molecule has 1 heterocycles. The molecule has 10 aromatic rings. The molecule has 0 aliphatic rings. The van der Waals surface area contributed by atoms with Crippen molar-refractivity contribution < 1.29 is 0 Å². The van der Waals surface area contributed by atoms with Gasteiger partial charge in [-0.05, 0) is 97.6 Å². The van der Waals surface area contributed by atoms with Crippen LogP contribution >= 0.6 is 0 Å². The molecule has 0 fully saturated rings. The molecule has 260 valence electrons. The van der Waals surface area contributed by atoms with Gasteiger partial charge in [-0.25, -0.2) is 0 Å². The van der Waals surface area contributed by atoms with E-state index in [9.17, 15) is 0 Å². The van der Waals surface area contributed by atoms with E-state index in [1.165, 1.54) is 88.3 Å². The van der Waals surface area contributed by atoms with E-state index < -0.39 is 0 Å². The van der Waals surface area contributed by atoms with E-state index in [0.717, 1.165) is 6.42 Å². The molecule has 0 saturated carbocycles. The number of hydrogen-bond acceptors (Lipinski definition) is 0. The largest absolute Gasteiger partial charge is 0.309 e. The molecule has 1 nitrogen and oxygen atoms in total. The van der Waals surface area contributed by atoms with Crippen molar-refractivity contribution in [3.05, 3.63) is 235 Å². The lowest BCUT2D eigenvalue weighted by Crippen LogP contribution is -2.05. The van der Waals surface area contributed by atoms with Crippen molar-refractivity contribution >= 4 is 32.6 Å². The minimum absolute atomic E-state index is 0.217. The maximum absolute atomic E-state index is 2.41. The van der Waals surface area contributed by atoms with E-state index in [0.29, 0.717) is 0 Å². The van der Waals surface area contributed by atoms with Crippen LogP contribution in [0.2, 0.25) is 0 Å². The molecule has 0 aliphatic heterocycles. The summed E-state index contributed by atoms with van der Waals surface area (Å²) < 4.78 is 2.41.